The number of ether oxygens (including phenoxy) is 2. The Morgan fingerprint density at radius 2 is 1.89 bits per heavy atom. The summed E-state index contributed by atoms with van der Waals surface area (Å²) in [6.07, 6.45) is 0.750. The van der Waals surface area contributed by atoms with E-state index in [4.69, 9.17) is 14.0 Å². The average Bonchev–Trinajstić information content (AvgIpc) is 3.17. The number of hydrogen-bond acceptors (Lipinski definition) is 11. The maximum atomic E-state index is 11.7. The molecule has 2 rings (SSSR count). The van der Waals surface area contributed by atoms with E-state index in [2.05, 4.69) is 33.7 Å². The summed E-state index contributed by atoms with van der Waals surface area (Å²) >= 11 is 0. The van der Waals surface area contributed by atoms with Gasteiger partial charge in [0.15, 0.2) is 0 Å². The lowest BCUT2D eigenvalue weighted by molar-refractivity contribution is -0.385. The molecule has 14 nitrogen and oxygen atoms in total. The maximum absolute atomic E-state index is 11.7. The fourth-order valence-corrected chi connectivity index (χ4v) is 4.17. The second-order valence-corrected chi connectivity index (χ2v) is 11.6. The van der Waals surface area contributed by atoms with E-state index in [0.29, 0.717) is 25.5 Å². The summed E-state index contributed by atoms with van der Waals surface area (Å²) in [5, 5.41) is 22.9. The van der Waals surface area contributed by atoms with Gasteiger partial charge < -0.3 is 19.0 Å². The molecule has 0 amide bonds. The van der Waals surface area contributed by atoms with Crippen LogP contribution in [-0.2, 0) is 37.6 Å². The number of hydrogen-bond donors (Lipinski definition) is 2. The number of esters is 1. The first-order valence-electron chi connectivity index (χ1n) is 11.7. The van der Waals surface area contributed by atoms with Crippen LogP contribution in [-0.4, -0.2) is 65.7 Å². The van der Waals surface area contributed by atoms with Crippen molar-refractivity contribution < 1.29 is 36.3 Å². The first-order valence-corrected chi connectivity index (χ1v) is 13.1. The second kappa shape index (κ2) is 12.6. The van der Waals surface area contributed by atoms with Crippen LogP contribution >= 0.6 is 0 Å². The van der Waals surface area contributed by atoms with Crippen LogP contribution in [0, 0.1) is 20.9 Å². The van der Waals surface area contributed by atoms with Crippen LogP contribution in [0.1, 0.15) is 52.0 Å². The van der Waals surface area contributed by atoms with Gasteiger partial charge in [0.25, 0.3) is 0 Å². The lowest BCUT2D eigenvalue weighted by atomic mass is 9.93. The van der Waals surface area contributed by atoms with Crippen molar-refractivity contribution in [3.63, 3.8) is 0 Å². The van der Waals surface area contributed by atoms with E-state index in [0.717, 1.165) is 18.7 Å². The molecule has 0 aliphatic carbocycles. The van der Waals surface area contributed by atoms with Gasteiger partial charge in [-0.3, -0.25) is 24.1 Å². The fraction of sp³-hybridized carbons (Fsp3) is 0.609. The van der Waals surface area contributed by atoms with Gasteiger partial charge in [0.05, 0.1) is 23.8 Å². The normalized spacial score (nSPS) is 13.2. The molecule has 0 aliphatic heterocycles. The molecule has 1 unspecified atom stereocenters. The number of nitro benzene ring substituents is 1. The smallest absolute Gasteiger partial charge is 0.446 e. The highest BCUT2D eigenvalue weighted by Gasteiger charge is 2.27. The lowest BCUT2D eigenvalue weighted by Crippen LogP contribution is -2.34. The number of aromatic nitrogens is 3. The first-order chi connectivity index (χ1) is 17.5. The highest BCUT2D eigenvalue weighted by molar-refractivity contribution is 7.81. The fourth-order valence-electron chi connectivity index (χ4n) is 3.81. The molecule has 1 heterocycles. The van der Waals surface area contributed by atoms with Gasteiger partial charge in [-0.05, 0) is 18.7 Å². The molecule has 1 aromatic heterocycles. The molecule has 0 saturated heterocycles. The summed E-state index contributed by atoms with van der Waals surface area (Å²) in [7, 11) is -3.09. The standard InChI is InChI=1S/C23H35N5O9S/c1-16(29)36-21(17-7-8-20(37-38(32,33)34)19(9-17)28(30)31)10-18-11-27(26-25-18)13-23(4,5)15-35-14-22(2,3)12-24-6/h7-9,11,21,24H,10,12-15H2,1-6H3,(H,32,33,34). The summed E-state index contributed by atoms with van der Waals surface area (Å²) in [5.74, 6) is -1.32. The third-order valence-corrected chi connectivity index (χ3v) is 5.66. The molecule has 0 spiro atoms. The molecule has 0 saturated carbocycles. The van der Waals surface area contributed by atoms with E-state index in [1.54, 1.807) is 10.9 Å². The average molecular weight is 558 g/mol. The van der Waals surface area contributed by atoms with Crippen LogP contribution in [0.15, 0.2) is 24.4 Å². The van der Waals surface area contributed by atoms with Gasteiger partial charge in [-0.25, -0.2) is 0 Å². The number of nitrogens with one attached hydrogen (secondary N) is 1. The molecule has 38 heavy (non-hydrogen) atoms. The Bertz CT molecular complexity index is 1230. The monoisotopic (exact) mass is 557 g/mol. The quantitative estimate of drug-likeness (QED) is 0.141. The van der Waals surface area contributed by atoms with Crippen molar-refractivity contribution in [2.24, 2.45) is 10.8 Å². The summed E-state index contributed by atoms with van der Waals surface area (Å²) in [6, 6.07) is 3.30. The minimum Gasteiger partial charge on any atom is -0.457 e. The van der Waals surface area contributed by atoms with E-state index in [-0.39, 0.29) is 22.8 Å². The van der Waals surface area contributed by atoms with Crippen molar-refractivity contribution in [3.05, 3.63) is 45.8 Å². The van der Waals surface area contributed by atoms with E-state index in [1.807, 2.05) is 20.9 Å². The molecule has 212 valence electrons. The minimum absolute atomic E-state index is 0.0112. The topological polar surface area (TPSA) is 185 Å². The van der Waals surface area contributed by atoms with Crippen molar-refractivity contribution in [1.82, 2.24) is 20.3 Å². The Kier molecular flexibility index (Phi) is 10.3. The summed E-state index contributed by atoms with van der Waals surface area (Å²) in [5.41, 5.74) is -0.353. The third-order valence-electron chi connectivity index (χ3n) is 5.27. The molecule has 0 aliphatic rings. The first kappa shape index (κ1) is 31.1. The predicted molar refractivity (Wildman–Crippen MR) is 136 cm³/mol. The van der Waals surface area contributed by atoms with Crippen LogP contribution in [0.3, 0.4) is 0 Å². The molecule has 1 aromatic carbocycles. The number of carbonyl (C=O) groups is 1. The SMILES string of the molecule is CNCC(C)(C)COCC(C)(C)Cn1cc(CC(OC(C)=O)c2ccc(OS(=O)(=O)O)c([N+](=O)[O-])c2)nn1. The highest BCUT2D eigenvalue weighted by atomic mass is 32.3. The van der Waals surface area contributed by atoms with Crippen molar-refractivity contribution >= 4 is 22.1 Å². The summed E-state index contributed by atoms with van der Waals surface area (Å²) < 4.78 is 48.2. The lowest BCUT2D eigenvalue weighted by Gasteiger charge is -2.28. The number of benzene rings is 1. The van der Waals surface area contributed by atoms with Crippen molar-refractivity contribution in [2.45, 2.75) is 53.7 Å². The Balaban J connectivity index is 2.17. The Morgan fingerprint density at radius 1 is 1.24 bits per heavy atom. The zero-order valence-electron chi connectivity index (χ0n) is 22.3. The van der Waals surface area contributed by atoms with E-state index in [1.165, 1.54) is 13.0 Å². The van der Waals surface area contributed by atoms with Crippen molar-refractivity contribution in [3.8, 4) is 5.75 Å². The largest absolute Gasteiger partial charge is 0.457 e. The molecular weight excluding hydrogens is 522 g/mol. The van der Waals surface area contributed by atoms with E-state index < -0.39 is 38.8 Å². The Morgan fingerprint density at radius 3 is 2.47 bits per heavy atom. The summed E-state index contributed by atoms with van der Waals surface area (Å²) in [6.45, 7) is 11.9. The highest BCUT2D eigenvalue weighted by Crippen LogP contribution is 2.33. The molecule has 1 atom stereocenters. The molecular formula is C23H35N5O9S. The minimum atomic E-state index is -4.98. The molecule has 0 radical (unpaired) electrons. The van der Waals surface area contributed by atoms with Crippen LogP contribution in [0.5, 0.6) is 5.75 Å². The van der Waals surface area contributed by atoms with Crippen molar-refractivity contribution in [2.75, 3.05) is 26.8 Å². The van der Waals surface area contributed by atoms with Gasteiger partial charge in [0.1, 0.15) is 6.10 Å². The van der Waals surface area contributed by atoms with E-state index in [9.17, 15) is 23.3 Å². The van der Waals surface area contributed by atoms with Crippen LogP contribution in [0.25, 0.3) is 0 Å². The van der Waals surface area contributed by atoms with Crippen LogP contribution in [0.4, 0.5) is 5.69 Å². The van der Waals surface area contributed by atoms with Gasteiger partial charge in [-0.1, -0.05) is 39.0 Å². The summed E-state index contributed by atoms with van der Waals surface area (Å²) in [4.78, 5) is 22.3. The Labute approximate surface area is 221 Å². The molecule has 2 N–H and O–H groups in total. The molecule has 2 aromatic rings. The number of nitro groups is 1. The molecule has 15 heteroatoms. The zero-order valence-corrected chi connectivity index (χ0v) is 23.1. The van der Waals surface area contributed by atoms with E-state index >= 15 is 0 Å². The van der Waals surface area contributed by atoms with Crippen LogP contribution < -0.4 is 9.50 Å². The van der Waals surface area contributed by atoms with Gasteiger partial charge in [-0.2, -0.15) is 8.42 Å². The van der Waals surface area contributed by atoms with Gasteiger partial charge in [-0.15, -0.1) is 5.10 Å². The van der Waals surface area contributed by atoms with Gasteiger partial charge >= 0.3 is 22.1 Å². The zero-order chi connectivity index (χ0) is 28.7. The van der Waals surface area contributed by atoms with Gasteiger partial charge in [0, 0.05) is 49.5 Å². The molecule has 0 fully saturated rings. The number of nitrogens with zero attached hydrogens (tertiary/aromatic N) is 4. The maximum Gasteiger partial charge on any atom is 0.446 e. The number of rotatable bonds is 15. The van der Waals surface area contributed by atoms with Crippen molar-refractivity contribution in [1.29, 1.82) is 0 Å². The predicted octanol–water partition coefficient (Wildman–Crippen LogP) is 2.50. The molecule has 0 bridgehead atoms. The Hall–Kier alpha value is -3.14. The third kappa shape index (κ3) is 10.3. The number of carbonyl (C=O) groups excluding carboxylic acids is 1. The van der Waals surface area contributed by atoms with Crippen LogP contribution in [0.2, 0.25) is 0 Å². The van der Waals surface area contributed by atoms with Gasteiger partial charge in [0.2, 0.25) is 5.75 Å². The second-order valence-electron chi connectivity index (χ2n) is 10.6.